The molecule has 152 valence electrons. The van der Waals surface area contributed by atoms with Gasteiger partial charge in [0.15, 0.2) is 5.65 Å². The van der Waals surface area contributed by atoms with Crippen LogP contribution >= 0.6 is 0 Å². The Balaban J connectivity index is 1.61. The fourth-order valence-electron chi connectivity index (χ4n) is 3.92. The van der Waals surface area contributed by atoms with Crippen molar-refractivity contribution in [1.82, 2.24) is 19.5 Å². The largest absolute Gasteiger partial charge is 0.399 e. The first-order chi connectivity index (χ1) is 14.7. The van der Waals surface area contributed by atoms with Crippen LogP contribution in [0.2, 0.25) is 0 Å². The van der Waals surface area contributed by atoms with Crippen molar-refractivity contribution in [3.05, 3.63) is 73.1 Å². The minimum atomic E-state index is 0.740. The Morgan fingerprint density at radius 2 is 1.67 bits per heavy atom. The second-order valence-corrected chi connectivity index (χ2v) is 7.64. The van der Waals surface area contributed by atoms with Crippen LogP contribution in [0.5, 0.6) is 0 Å². The Bertz CT molecular complexity index is 1140. The fourth-order valence-corrected chi connectivity index (χ4v) is 3.92. The zero-order valence-corrected chi connectivity index (χ0v) is 17.0. The van der Waals surface area contributed by atoms with E-state index >= 15 is 0 Å². The van der Waals surface area contributed by atoms with Gasteiger partial charge in [0.25, 0.3) is 0 Å². The highest BCUT2D eigenvalue weighted by atomic mass is 15.3. The number of fused-ring (bicyclic) bond motifs is 1. The lowest BCUT2D eigenvalue weighted by Crippen LogP contribution is -2.44. The van der Waals surface area contributed by atoms with Crippen LogP contribution < -0.4 is 15.5 Å². The quantitative estimate of drug-likeness (QED) is 0.530. The highest BCUT2D eigenvalue weighted by Crippen LogP contribution is 2.36. The molecule has 0 spiro atoms. The van der Waals surface area contributed by atoms with Gasteiger partial charge in [-0.05, 0) is 55.6 Å². The molecular formula is C23H25N7. The van der Waals surface area contributed by atoms with Crippen molar-refractivity contribution >= 4 is 34.2 Å². The topological polar surface area (TPSA) is 65.9 Å². The van der Waals surface area contributed by atoms with E-state index in [0.29, 0.717) is 0 Å². The molecule has 30 heavy (non-hydrogen) atoms. The number of aromatic nitrogens is 3. The van der Waals surface area contributed by atoms with Gasteiger partial charge in [-0.2, -0.15) is 9.61 Å². The van der Waals surface area contributed by atoms with Crippen LogP contribution in [0.25, 0.3) is 5.65 Å². The van der Waals surface area contributed by atoms with Crippen molar-refractivity contribution in [3.63, 3.8) is 0 Å². The Morgan fingerprint density at radius 3 is 2.47 bits per heavy atom. The third-order valence-electron chi connectivity index (χ3n) is 5.61. The fraction of sp³-hybridized carbons (Fsp3) is 0.217. The summed E-state index contributed by atoms with van der Waals surface area (Å²) in [7, 11) is 2.18. The van der Waals surface area contributed by atoms with Crippen LogP contribution in [-0.4, -0.2) is 52.7 Å². The molecule has 4 aromatic rings. The molecule has 0 bridgehead atoms. The van der Waals surface area contributed by atoms with Gasteiger partial charge in [0.05, 0.1) is 6.20 Å². The smallest absolute Gasteiger partial charge is 0.157 e. The number of nitrogens with two attached hydrogens (primary N) is 1. The molecule has 2 aromatic heterocycles. The Hall–Kier alpha value is -3.58. The van der Waals surface area contributed by atoms with E-state index in [1.807, 2.05) is 47.1 Å². The molecule has 2 aromatic carbocycles. The summed E-state index contributed by atoms with van der Waals surface area (Å²) in [6.45, 7) is 4.20. The molecular weight excluding hydrogens is 374 g/mol. The number of anilines is 5. The molecule has 7 heteroatoms. The standard InChI is InChI=1S/C23H25N7/c1-27-13-15-28(16-14-27)20-3-2-4-21(17-20)29(19-7-5-18(24)6-8-19)23-10-11-25-22-9-12-26-30(22)23/h2-12,17H,13-16,24H2,1H3. The molecule has 0 aliphatic carbocycles. The number of hydrogen-bond acceptors (Lipinski definition) is 6. The van der Waals surface area contributed by atoms with Crippen molar-refractivity contribution < 1.29 is 0 Å². The van der Waals surface area contributed by atoms with Gasteiger partial charge in [-0.15, -0.1) is 0 Å². The van der Waals surface area contributed by atoms with Crippen LogP contribution in [-0.2, 0) is 0 Å². The van der Waals surface area contributed by atoms with Gasteiger partial charge in [-0.3, -0.25) is 4.90 Å². The van der Waals surface area contributed by atoms with Crippen molar-refractivity contribution in [2.75, 3.05) is 48.8 Å². The van der Waals surface area contributed by atoms with E-state index in [9.17, 15) is 0 Å². The van der Waals surface area contributed by atoms with E-state index in [0.717, 1.165) is 54.7 Å². The number of benzene rings is 2. The van der Waals surface area contributed by atoms with E-state index in [1.54, 1.807) is 6.20 Å². The van der Waals surface area contributed by atoms with E-state index in [-0.39, 0.29) is 0 Å². The highest BCUT2D eigenvalue weighted by Gasteiger charge is 2.19. The number of hydrogen-bond donors (Lipinski definition) is 1. The third-order valence-corrected chi connectivity index (χ3v) is 5.61. The van der Waals surface area contributed by atoms with Gasteiger partial charge in [0, 0.05) is 61.2 Å². The van der Waals surface area contributed by atoms with Crippen LogP contribution in [0.4, 0.5) is 28.6 Å². The van der Waals surface area contributed by atoms with Gasteiger partial charge >= 0.3 is 0 Å². The summed E-state index contributed by atoms with van der Waals surface area (Å²) >= 11 is 0. The maximum Gasteiger partial charge on any atom is 0.157 e. The number of likely N-dealkylation sites (N-methyl/N-ethyl adjacent to an activating group) is 1. The molecule has 0 unspecified atom stereocenters. The molecule has 7 nitrogen and oxygen atoms in total. The first kappa shape index (κ1) is 18.4. The lowest BCUT2D eigenvalue weighted by molar-refractivity contribution is 0.313. The molecule has 5 rings (SSSR count). The molecule has 2 N–H and O–H groups in total. The average Bonchev–Trinajstić information content (AvgIpc) is 3.26. The minimum Gasteiger partial charge on any atom is -0.399 e. The zero-order valence-electron chi connectivity index (χ0n) is 17.0. The normalized spacial score (nSPS) is 14.9. The Kier molecular flexibility index (Phi) is 4.72. The molecule has 0 radical (unpaired) electrons. The summed E-state index contributed by atoms with van der Waals surface area (Å²) in [5, 5.41) is 4.50. The first-order valence-corrected chi connectivity index (χ1v) is 10.2. The molecule has 1 aliphatic heterocycles. The summed E-state index contributed by atoms with van der Waals surface area (Å²) in [4.78, 5) is 11.4. The van der Waals surface area contributed by atoms with Gasteiger partial charge in [-0.1, -0.05) is 6.07 Å². The van der Waals surface area contributed by atoms with Gasteiger partial charge < -0.3 is 15.5 Å². The molecule has 1 fully saturated rings. The maximum absolute atomic E-state index is 5.95. The van der Waals surface area contributed by atoms with Crippen LogP contribution in [0.1, 0.15) is 0 Å². The second kappa shape index (κ2) is 7.68. The Labute approximate surface area is 176 Å². The summed E-state index contributed by atoms with van der Waals surface area (Å²) < 4.78 is 1.86. The van der Waals surface area contributed by atoms with Crippen molar-refractivity contribution in [2.24, 2.45) is 0 Å². The molecule has 0 saturated carbocycles. The van der Waals surface area contributed by atoms with E-state index in [2.05, 4.69) is 56.1 Å². The maximum atomic E-state index is 5.95. The summed E-state index contributed by atoms with van der Waals surface area (Å²) in [5.74, 6) is 0.922. The SMILES string of the molecule is CN1CCN(c2cccc(N(c3ccc(N)cc3)c3ccnc4ccnn34)c2)CC1. The molecule has 3 heterocycles. The van der Waals surface area contributed by atoms with Gasteiger partial charge in [0.2, 0.25) is 0 Å². The first-order valence-electron chi connectivity index (χ1n) is 10.2. The summed E-state index contributed by atoms with van der Waals surface area (Å²) in [5.41, 5.74) is 10.8. The molecule has 1 aliphatic rings. The second-order valence-electron chi connectivity index (χ2n) is 7.64. The zero-order chi connectivity index (χ0) is 20.5. The molecule has 0 amide bonds. The van der Waals surface area contributed by atoms with E-state index in [4.69, 9.17) is 5.73 Å². The van der Waals surface area contributed by atoms with Gasteiger partial charge in [0.1, 0.15) is 5.82 Å². The predicted molar refractivity (Wildman–Crippen MR) is 122 cm³/mol. The van der Waals surface area contributed by atoms with Crippen molar-refractivity contribution in [1.29, 1.82) is 0 Å². The lowest BCUT2D eigenvalue weighted by atomic mass is 10.2. The predicted octanol–water partition coefficient (Wildman–Crippen LogP) is 3.53. The number of nitrogens with zero attached hydrogens (tertiary/aromatic N) is 6. The van der Waals surface area contributed by atoms with Crippen molar-refractivity contribution in [3.8, 4) is 0 Å². The lowest BCUT2D eigenvalue weighted by Gasteiger charge is -2.35. The van der Waals surface area contributed by atoms with Crippen molar-refractivity contribution in [2.45, 2.75) is 0 Å². The minimum absolute atomic E-state index is 0.740. The van der Waals surface area contributed by atoms with Crippen LogP contribution in [0.3, 0.4) is 0 Å². The molecule has 0 atom stereocenters. The van der Waals surface area contributed by atoms with Crippen LogP contribution in [0.15, 0.2) is 73.1 Å². The Morgan fingerprint density at radius 1 is 0.867 bits per heavy atom. The van der Waals surface area contributed by atoms with E-state index in [1.165, 1.54) is 5.69 Å². The third kappa shape index (κ3) is 3.44. The number of rotatable bonds is 4. The van der Waals surface area contributed by atoms with Gasteiger partial charge in [-0.25, -0.2) is 4.98 Å². The summed E-state index contributed by atoms with van der Waals surface area (Å²) in [6.07, 6.45) is 3.59. The monoisotopic (exact) mass is 399 g/mol. The van der Waals surface area contributed by atoms with Crippen LogP contribution in [0, 0.1) is 0 Å². The number of nitrogen functional groups attached to an aromatic ring is 1. The highest BCUT2D eigenvalue weighted by molar-refractivity contribution is 5.78. The number of piperazine rings is 1. The molecule has 1 saturated heterocycles. The van der Waals surface area contributed by atoms with E-state index < -0.39 is 0 Å². The average molecular weight is 400 g/mol. The summed E-state index contributed by atoms with van der Waals surface area (Å²) in [6, 6.07) is 20.5.